The third kappa shape index (κ3) is 3.20. The van der Waals surface area contributed by atoms with Crippen LogP contribution in [0.5, 0.6) is 0 Å². The van der Waals surface area contributed by atoms with E-state index in [-0.39, 0.29) is 4.99 Å². The first kappa shape index (κ1) is 14.6. The topological polar surface area (TPSA) is 38.0 Å². The Morgan fingerprint density at radius 3 is 2.26 bits per heavy atom. The monoisotopic (exact) mass is 374 g/mol. The quantitative estimate of drug-likeness (QED) is 0.730. The van der Waals surface area contributed by atoms with Crippen LogP contribution in [0.4, 0.5) is 11.4 Å². The highest BCUT2D eigenvalue weighted by Gasteiger charge is 2.11. The molecular weight excluding hydrogens is 367 g/mol. The van der Waals surface area contributed by atoms with Crippen LogP contribution in [0.2, 0.25) is 10.0 Å². The molecule has 2 aromatic carbocycles. The SMILES string of the molecule is NC(=S)c1c(Cl)cccc1Nc1cccc(Cl)c1Br. The van der Waals surface area contributed by atoms with Crippen molar-refractivity contribution in [2.75, 3.05) is 5.32 Å². The van der Waals surface area contributed by atoms with Gasteiger partial charge in [0.2, 0.25) is 0 Å². The number of nitrogens with one attached hydrogen (secondary N) is 1. The summed E-state index contributed by atoms with van der Waals surface area (Å²) in [6, 6.07) is 11.0. The second kappa shape index (κ2) is 6.09. The van der Waals surface area contributed by atoms with E-state index < -0.39 is 0 Å². The minimum atomic E-state index is 0.242. The lowest BCUT2D eigenvalue weighted by atomic mass is 10.1. The van der Waals surface area contributed by atoms with Crippen LogP contribution >= 0.6 is 51.3 Å². The van der Waals surface area contributed by atoms with Crippen LogP contribution < -0.4 is 11.1 Å². The summed E-state index contributed by atoms with van der Waals surface area (Å²) in [7, 11) is 0. The number of benzene rings is 2. The molecule has 0 saturated heterocycles. The summed E-state index contributed by atoms with van der Waals surface area (Å²) < 4.78 is 0.769. The van der Waals surface area contributed by atoms with Gasteiger partial charge in [0.25, 0.3) is 0 Å². The van der Waals surface area contributed by atoms with Crippen LogP contribution in [0.15, 0.2) is 40.9 Å². The molecular formula is C13H9BrCl2N2S. The van der Waals surface area contributed by atoms with Crippen molar-refractivity contribution in [3.05, 3.63) is 56.5 Å². The number of anilines is 2. The van der Waals surface area contributed by atoms with Crippen molar-refractivity contribution in [2.24, 2.45) is 5.73 Å². The van der Waals surface area contributed by atoms with Gasteiger partial charge in [-0.3, -0.25) is 0 Å². The lowest BCUT2D eigenvalue weighted by Gasteiger charge is -2.14. The Morgan fingerprint density at radius 1 is 1.05 bits per heavy atom. The third-order valence-corrected chi connectivity index (χ3v) is 4.40. The molecule has 0 heterocycles. The van der Waals surface area contributed by atoms with Crippen molar-refractivity contribution < 1.29 is 0 Å². The largest absolute Gasteiger partial charge is 0.389 e. The molecule has 3 N–H and O–H groups in total. The molecule has 0 fully saturated rings. The van der Waals surface area contributed by atoms with Gasteiger partial charge in [0.1, 0.15) is 4.99 Å². The van der Waals surface area contributed by atoms with Crippen molar-refractivity contribution in [1.82, 2.24) is 0 Å². The van der Waals surface area contributed by atoms with E-state index in [2.05, 4.69) is 21.2 Å². The van der Waals surface area contributed by atoms with Crippen molar-refractivity contribution in [3.8, 4) is 0 Å². The normalized spacial score (nSPS) is 10.3. The molecule has 2 rings (SSSR count). The number of hydrogen-bond donors (Lipinski definition) is 2. The van der Waals surface area contributed by atoms with Crippen LogP contribution in [0, 0.1) is 0 Å². The summed E-state index contributed by atoms with van der Waals surface area (Å²) >= 11 is 20.6. The molecule has 0 aliphatic carbocycles. The Bertz CT molecular complexity index is 647. The number of nitrogens with two attached hydrogens (primary N) is 1. The molecule has 0 aromatic heterocycles. The summed E-state index contributed by atoms with van der Waals surface area (Å²) in [6.07, 6.45) is 0. The van der Waals surface area contributed by atoms with Gasteiger partial charge in [-0.05, 0) is 40.2 Å². The zero-order valence-corrected chi connectivity index (χ0v) is 13.5. The molecule has 6 heteroatoms. The fourth-order valence-corrected chi connectivity index (χ4v) is 2.71. The molecule has 98 valence electrons. The molecule has 0 saturated carbocycles. The van der Waals surface area contributed by atoms with Crippen LogP contribution in [-0.4, -0.2) is 4.99 Å². The standard InChI is InChI=1S/C13H9BrCl2N2S/c14-12-8(16)4-2-6-10(12)18-9-5-1-3-7(15)11(9)13(17)19/h1-6,18H,(H2,17,19). The van der Waals surface area contributed by atoms with Gasteiger partial charge in [-0.15, -0.1) is 0 Å². The van der Waals surface area contributed by atoms with E-state index in [9.17, 15) is 0 Å². The Balaban J connectivity index is 2.47. The lowest BCUT2D eigenvalue weighted by Crippen LogP contribution is -2.12. The van der Waals surface area contributed by atoms with Gasteiger partial charge >= 0.3 is 0 Å². The van der Waals surface area contributed by atoms with Crippen molar-refractivity contribution in [3.63, 3.8) is 0 Å². The zero-order valence-electron chi connectivity index (χ0n) is 9.58. The Kier molecular flexibility index (Phi) is 4.68. The Hall–Kier alpha value is -0.810. The Morgan fingerprint density at radius 2 is 1.63 bits per heavy atom. The highest BCUT2D eigenvalue weighted by atomic mass is 79.9. The van der Waals surface area contributed by atoms with Gasteiger partial charge in [-0.1, -0.05) is 47.6 Å². The number of rotatable bonds is 3. The summed E-state index contributed by atoms with van der Waals surface area (Å²) in [5.74, 6) is 0. The molecule has 2 aromatic rings. The predicted molar refractivity (Wildman–Crippen MR) is 89.8 cm³/mol. The average molecular weight is 376 g/mol. The summed E-state index contributed by atoms with van der Waals surface area (Å²) in [6.45, 7) is 0. The number of hydrogen-bond acceptors (Lipinski definition) is 2. The van der Waals surface area contributed by atoms with Gasteiger partial charge < -0.3 is 11.1 Å². The summed E-state index contributed by atoms with van der Waals surface area (Å²) in [4.78, 5) is 0.242. The van der Waals surface area contributed by atoms with Crippen LogP contribution in [0.1, 0.15) is 5.56 Å². The van der Waals surface area contributed by atoms with E-state index in [1.165, 1.54) is 0 Å². The molecule has 0 amide bonds. The first-order valence-corrected chi connectivity index (χ1v) is 7.25. The maximum Gasteiger partial charge on any atom is 0.107 e. The van der Waals surface area contributed by atoms with E-state index in [1.807, 2.05) is 24.3 Å². The average Bonchev–Trinajstić information content (AvgIpc) is 2.34. The molecule has 0 aliphatic heterocycles. The van der Waals surface area contributed by atoms with Crippen LogP contribution in [0.25, 0.3) is 0 Å². The second-order valence-corrected chi connectivity index (χ2v) is 5.80. The predicted octanol–water partition coefficient (Wildman–Crippen LogP) is 5.13. The molecule has 2 nitrogen and oxygen atoms in total. The van der Waals surface area contributed by atoms with Gasteiger partial charge in [-0.25, -0.2) is 0 Å². The first-order chi connectivity index (χ1) is 9.00. The van der Waals surface area contributed by atoms with Gasteiger partial charge in [0.05, 0.1) is 31.5 Å². The van der Waals surface area contributed by atoms with E-state index >= 15 is 0 Å². The number of thiocarbonyl (C=S) groups is 1. The maximum absolute atomic E-state index is 6.12. The molecule has 0 spiro atoms. The van der Waals surface area contributed by atoms with E-state index in [0.717, 1.165) is 15.8 Å². The Labute approximate surface area is 135 Å². The van der Waals surface area contributed by atoms with E-state index in [4.69, 9.17) is 41.2 Å². The molecule has 19 heavy (non-hydrogen) atoms. The first-order valence-electron chi connectivity index (χ1n) is 5.30. The van der Waals surface area contributed by atoms with Crippen LogP contribution in [0.3, 0.4) is 0 Å². The van der Waals surface area contributed by atoms with Crippen molar-refractivity contribution in [2.45, 2.75) is 0 Å². The van der Waals surface area contributed by atoms with Gasteiger partial charge in [0.15, 0.2) is 0 Å². The van der Waals surface area contributed by atoms with Crippen LogP contribution in [-0.2, 0) is 0 Å². The third-order valence-electron chi connectivity index (χ3n) is 2.48. The maximum atomic E-state index is 6.12. The zero-order chi connectivity index (χ0) is 14.0. The fourth-order valence-electron chi connectivity index (χ4n) is 1.62. The van der Waals surface area contributed by atoms with E-state index in [1.54, 1.807) is 12.1 Å². The second-order valence-electron chi connectivity index (χ2n) is 3.75. The summed E-state index contributed by atoms with van der Waals surface area (Å²) in [5.41, 5.74) is 7.87. The van der Waals surface area contributed by atoms with Gasteiger partial charge in [-0.2, -0.15) is 0 Å². The highest BCUT2D eigenvalue weighted by Crippen LogP contribution is 2.34. The molecule has 0 atom stereocenters. The smallest absolute Gasteiger partial charge is 0.107 e. The van der Waals surface area contributed by atoms with Gasteiger partial charge in [0, 0.05) is 0 Å². The summed E-state index contributed by atoms with van der Waals surface area (Å²) in [5, 5.41) is 4.35. The molecule has 0 aliphatic rings. The van der Waals surface area contributed by atoms with Crippen molar-refractivity contribution >= 4 is 67.7 Å². The number of halogens is 3. The fraction of sp³-hybridized carbons (Fsp3) is 0. The minimum Gasteiger partial charge on any atom is -0.389 e. The molecule has 0 bridgehead atoms. The lowest BCUT2D eigenvalue weighted by molar-refractivity contribution is 1.50. The molecule has 0 unspecified atom stereocenters. The van der Waals surface area contributed by atoms with E-state index in [0.29, 0.717) is 15.6 Å². The van der Waals surface area contributed by atoms with Crippen molar-refractivity contribution in [1.29, 1.82) is 0 Å². The minimum absolute atomic E-state index is 0.242. The molecule has 0 radical (unpaired) electrons. The highest BCUT2D eigenvalue weighted by molar-refractivity contribution is 9.10.